The second-order valence-corrected chi connectivity index (χ2v) is 11.0. The number of rotatable bonds is 4. The highest BCUT2D eigenvalue weighted by atomic mass is 79.9. The maximum absolute atomic E-state index is 12.6. The second-order valence-electron chi connectivity index (χ2n) is 10.5. The number of ether oxygens (including phenoxy) is 1. The van der Waals surface area contributed by atoms with Crippen molar-refractivity contribution in [2.75, 3.05) is 19.0 Å². The maximum atomic E-state index is 12.6. The van der Waals surface area contributed by atoms with Crippen LogP contribution in [0.5, 0.6) is 0 Å². The minimum atomic E-state index is 0.259. The summed E-state index contributed by atoms with van der Waals surface area (Å²) in [5, 5.41) is 0.543. The topological polar surface area (TPSA) is 26.3 Å². The Balaban J connectivity index is 1.63. The summed E-state index contributed by atoms with van der Waals surface area (Å²) in [5.41, 5.74) is 0.693. The van der Waals surface area contributed by atoms with Gasteiger partial charge in [0.2, 0.25) is 0 Å². The molecular weight excluding hydrogens is 388 g/mol. The number of Topliss-reactive ketones (excluding diaryl/α,β-unsaturated/α-hetero) is 1. The number of hydrogen-bond donors (Lipinski definition) is 0. The zero-order chi connectivity index (χ0) is 18.5. The van der Waals surface area contributed by atoms with Gasteiger partial charge in [0.15, 0.2) is 0 Å². The molecule has 0 N–H and O–H groups in total. The van der Waals surface area contributed by atoms with Gasteiger partial charge in [-0.3, -0.25) is 4.79 Å². The highest BCUT2D eigenvalue weighted by molar-refractivity contribution is 9.09. The Bertz CT molecular complexity index is 548. The van der Waals surface area contributed by atoms with Crippen molar-refractivity contribution >= 4 is 21.7 Å². The predicted molar refractivity (Wildman–Crippen MR) is 109 cm³/mol. The van der Waals surface area contributed by atoms with E-state index in [-0.39, 0.29) is 5.41 Å². The van der Waals surface area contributed by atoms with Gasteiger partial charge in [-0.1, -0.05) is 36.2 Å². The van der Waals surface area contributed by atoms with E-state index in [1.54, 1.807) is 0 Å². The molecule has 0 radical (unpaired) electrons. The lowest BCUT2D eigenvalue weighted by molar-refractivity contribution is -0.153. The van der Waals surface area contributed by atoms with E-state index in [2.05, 4.69) is 29.8 Å². The van der Waals surface area contributed by atoms with Gasteiger partial charge in [0, 0.05) is 13.0 Å². The fourth-order valence-corrected chi connectivity index (χ4v) is 8.83. The first-order valence-corrected chi connectivity index (χ1v) is 12.2. The van der Waals surface area contributed by atoms with E-state index in [0.717, 1.165) is 42.6 Å². The molecule has 2 nitrogen and oxygen atoms in total. The summed E-state index contributed by atoms with van der Waals surface area (Å²) in [6.45, 7) is 5.89. The van der Waals surface area contributed by atoms with Crippen molar-refractivity contribution in [2.24, 2.45) is 46.3 Å². The number of halogens is 1. The van der Waals surface area contributed by atoms with Crippen LogP contribution in [0.15, 0.2) is 0 Å². The Labute approximate surface area is 168 Å². The highest BCUT2D eigenvalue weighted by Crippen LogP contribution is 2.68. The van der Waals surface area contributed by atoms with Crippen LogP contribution in [0.25, 0.3) is 0 Å². The molecule has 26 heavy (non-hydrogen) atoms. The lowest BCUT2D eigenvalue weighted by atomic mass is 9.44. The van der Waals surface area contributed by atoms with Crippen molar-refractivity contribution in [3.05, 3.63) is 0 Å². The monoisotopic (exact) mass is 424 g/mol. The molecule has 148 valence electrons. The summed E-state index contributed by atoms with van der Waals surface area (Å²) in [6.07, 6.45) is 12.0. The largest absolute Gasteiger partial charge is 0.384 e. The molecule has 0 aliphatic heterocycles. The molecule has 0 amide bonds. The van der Waals surface area contributed by atoms with Crippen LogP contribution in [0.4, 0.5) is 0 Å². The summed E-state index contributed by atoms with van der Waals surface area (Å²) in [5.74, 6) is 4.96. The summed E-state index contributed by atoms with van der Waals surface area (Å²) >= 11 is 3.45. The zero-order valence-electron chi connectivity index (χ0n) is 16.9. The van der Waals surface area contributed by atoms with Gasteiger partial charge in [-0.2, -0.15) is 0 Å². The molecule has 0 saturated heterocycles. The molecule has 3 heteroatoms. The number of methoxy groups -OCH3 is 1. The van der Waals surface area contributed by atoms with Gasteiger partial charge in [-0.05, 0) is 91.8 Å². The fourth-order valence-electron chi connectivity index (χ4n) is 8.44. The minimum absolute atomic E-state index is 0.259. The van der Waals surface area contributed by atoms with Crippen molar-refractivity contribution in [3.63, 3.8) is 0 Å². The van der Waals surface area contributed by atoms with Crippen LogP contribution < -0.4 is 0 Å². The van der Waals surface area contributed by atoms with Crippen molar-refractivity contribution < 1.29 is 9.53 Å². The average molecular weight is 425 g/mol. The maximum Gasteiger partial charge on any atom is 0.147 e. The molecule has 4 fully saturated rings. The lowest BCUT2D eigenvalue weighted by Crippen LogP contribution is -2.56. The molecule has 0 aromatic carbocycles. The van der Waals surface area contributed by atoms with Crippen molar-refractivity contribution in [1.82, 2.24) is 0 Å². The first-order chi connectivity index (χ1) is 12.5. The third-order valence-electron chi connectivity index (χ3n) is 9.56. The van der Waals surface area contributed by atoms with Crippen molar-refractivity contribution in [1.29, 1.82) is 0 Å². The normalized spacial score (nSPS) is 50.6. The molecule has 0 aromatic heterocycles. The van der Waals surface area contributed by atoms with E-state index in [1.807, 2.05) is 7.11 Å². The SMILES string of the molecule is COCC12CCC(C)CC1CCC1C3CCC(C(=O)CBr)C3(C)CCC12. The highest BCUT2D eigenvalue weighted by Gasteiger charge is 2.62. The quantitative estimate of drug-likeness (QED) is 0.527. The number of hydrogen-bond acceptors (Lipinski definition) is 2. The first kappa shape index (κ1) is 19.4. The Kier molecular flexibility index (Phi) is 5.36. The van der Waals surface area contributed by atoms with Gasteiger partial charge >= 0.3 is 0 Å². The van der Waals surface area contributed by atoms with Gasteiger partial charge in [0.25, 0.3) is 0 Å². The third-order valence-corrected chi connectivity index (χ3v) is 10.1. The third kappa shape index (κ3) is 2.78. The van der Waals surface area contributed by atoms with Crippen LogP contribution in [0.3, 0.4) is 0 Å². The fraction of sp³-hybridized carbons (Fsp3) is 0.957. The smallest absolute Gasteiger partial charge is 0.147 e. The Morgan fingerprint density at radius 3 is 2.62 bits per heavy atom. The number of carbonyl (C=O) groups is 1. The molecule has 0 spiro atoms. The van der Waals surface area contributed by atoms with E-state index in [4.69, 9.17) is 4.74 Å². The molecule has 8 unspecified atom stereocenters. The number of alkyl halides is 1. The summed E-state index contributed by atoms with van der Waals surface area (Å²) in [7, 11) is 1.92. The molecule has 4 aliphatic carbocycles. The molecule has 4 aliphatic rings. The van der Waals surface area contributed by atoms with E-state index in [9.17, 15) is 4.79 Å². The van der Waals surface area contributed by atoms with Gasteiger partial charge in [-0.15, -0.1) is 0 Å². The van der Waals surface area contributed by atoms with E-state index in [0.29, 0.717) is 22.4 Å². The van der Waals surface area contributed by atoms with Crippen LogP contribution in [0.1, 0.15) is 71.6 Å². The summed E-state index contributed by atoms with van der Waals surface area (Å²) in [4.78, 5) is 12.6. The van der Waals surface area contributed by atoms with Gasteiger partial charge < -0.3 is 4.74 Å². The summed E-state index contributed by atoms with van der Waals surface area (Å²) < 4.78 is 5.88. The standard InChI is InChI=1S/C23H37BrO2/c1-15-8-11-23(14-26-3)16(12-15)4-5-17-18-6-7-20(21(25)13-24)22(18,2)10-9-19(17)23/h15-20H,4-14H2,1-3H3. The van der Waals surface area contributed by atoms with E-state index < -0.39 is 0 Å². The van der Waals surface area contributed by atoms with Crippen LogP contribution in [-0.4, -0.2) is 24.8 Å². The molecule has 0 heterocycles. The average Bonchev–Trinajstić information content (AvgIpc) is 2.99. The summed E-state index contributed by atoms with van der Waals surface area (Å²) in [6, 6.07) is 0. The van der Waals surface area contributed by atoms with E-state index >= 15 is 0 Å². The second kappa shape index (κ2) is 7.17. The Morgan fingerprint density at radius 1 is 1.08 bits per heavy atom. The molecule has 8 atom stereocenters. The van der Waals surface area contributed by atoms with Crippen LogP contribution in [0, 0.1) is 46.3 Å². The van der Waals surface area contributed by atoms with Crippen molar-refractivity contribution in [2.45, 2.75) is 71.6 Å². The Morgan fingerprint density at radius 2 is 1.88 bits per heavy atom. The lowest BCUT2D eigenvalue weighted by Gasteiger charge is -2.61. The molecule has 0 bridgehead atoms. The number of ketones is 1. The van der Waals surface area contributed by atoms with Crippen LogP contribution >= 0.6 is 15.9 Å². The number of carbonyl (C=O) groups excluding carboxylic acids is 1. The Hall–Kier alpha value is 0.110. The molecular formula is C23H37BrO2. The zero-order valence-corrected chi connectivity index (χ0v) is 18.5. The molecule has 4 rings (SSSR count). The van der Waals surface area contributed by atoms with Crippen LogP contribution in [0.2, 0.25) is 0 Å². The van der Waals surface area contributed by atoms with Gasteiger partial charge in [0.05, 0.1) is 11.9 Å². The first-order valence-electron chi connectivity index (χ1n) is 11.0. The van der Waals surface area contributed by atoms with Gasteiger partial charge in [0.1, 0.15) is 5.78 Å². The predicted octanol–water partition coefficient (Wildman–Crippen LogP) is 5.87. The minimum Gasteiger partial charge on any atom is -0.384 e. The molecule has 4 saturated carbocycles. The van der Waals surface area contributed by atoms with Crippen LogP contribution in [-0.2, 0) is 9.53 Å². The number of fused-ring (bicyclic) bond motifs is 5. The van der Waals surface area contributed by atoms with Crippen molar-refractivity contribution in [3.8, 4) is 0 Å². The van der Waals surface area contributed by atoms with Gasteiger partial charge in [-0.25, -0.2) is 0 Å². The van der Waals surface area contributed by atoms with E-state index in [1.165, 1.54) is 51.4 Å². The molecule has 0 aromatic rings.